The summed E-state index contributed by atoms with van der Waals surface area (Å²) in [5.74, 6) is -6.65. The smallest absolute Gasteiger partial charge is 0.375 e. The molecule has 0 aliphatic rings. The monoisotopic (exact) mass is 926 g/mol. The largest absolute Gasteiger partial charge is 0.611 e. The SMILES string of the molecule is CCCn1cncc1C[S+]([O-])c1ccc(NOC(=O)C(O)(C(=O)c2ccc(C)cc2)C(O)(C(=O)ONc2ccc([S+]([O-])Cc3cncn3CCC)cc2)C(=O)c2ccc(C)cc2)cc1.O. The van der Waals surface area contributed by atoms with Crippen LogP contribution in [0.25, 0.3) is 0 Å². The summed E-state index contributed by atoms with van der Waals surface area (Å²) in [6.45, 7) is 8.90. The number of rotatable bonds is 21. The molecule has 19 heteroatoms. The van der Waals surface area contributed by atoms with E-state index in [0.29, 0.717) is 34.0 Å². The summed E-state index contributed by atoms with van der Waals surface area (Å²) in [5.41, 5.74) is -1.04. The first-order valence-corrected chi connectivity index (χ1v) is 22.9. The lowest BCUT2D eigenvalue weighted by Crippen LogP contribution is -2.72. The number of nitrogens with one attached hydrogen (secondary N) is 2. The van der Waals surface area contributed by atoms with Crippen molar-refractivity contribution in [2.24, 2.45) is 0 Å². The van der Waals surface area contributed by atoms with E-state index in [2.05, 4.69) is 20.9 Å². The Morgan fingerprint density at radius 1 is 0.600 bits per heavy atom. The van der Waals surface area contributed by atoms with Crippen molar-refractivity contribution < 1.29 is 53.6 Å². The molecule has 0 aliphatic carbocycles. The molecule has 0 spiro atoms. The van der Waals surface area contributed by atoms with Crippen molar-refractivity contribution in [2.75, 3.05) is 11.0 Å². The first-order valence-electron chi connectivity index (χ1n) is 20.3. The van der Waals surface area contributed by atoms with Crippen molar-refractivity contribution >= 4 is 57.2 Å². The zero-order valence-corrected chi connectivity index (χ0v) is 37.7. The van der Waals surface area contributed by atoms with Crippen molar-refractivity contribution in [3.05, 3.63) is 156 Å². The Kier molecular flexibility index (Phi) is 16.9. The number of hydrogen-bond acceptors (Lipinski definition) is 14. The molecule has 342 valence electrons. The summed E-state index contributed by atoms with van der Waals surface area (Å²) in [7, 11) is 0. The fourth-order valence-corrected chi connectivity index (χ4v) is 8.83. The number of aliphatic hydroxyl groups is 2. The van der Waals surface area contributed by atoms with Gasteiger partial charge in [0.25, 0.3) is 11.2 Å². The number of hydrogen-bond donors (Lipinski definition) is 4. The molecule has 6 N–H and O–H groups in total. The van der Waals surface area contributed by atoms with Crippen LogP contribution < -0.4 is 11.0 Å². The van der Waals surface area contributed by atoms with Gasteiger partial charge in [0.1, 0.15) is 0 Å². The fourth-order valence-electron chi connectivity index (χ4n) is 6.60. The number of ketones is 2. The molecule has 2 aromatic heterocycles. The molecule has 6 rings (SSSR count). The first kappa shape index (κ1) is 49.7. The van der Waals surface area contributed by atoms with Gasteiger partial charge in [-0.05, 0) is 97.6 Å². The molecular formula is C46H50N6O11S2. The van der Waals surface area contributed by atoms with Crippen molar-refractivity contribution in [3.63, 3.8) is 0 Å². The number of anilines is 2. The van der Waals surface area contributed by atoms with E-state index >= 15 is 0 Å². The zero-order chi connectivity index (χ0) is 46.0. The fraction of sp³-hybridized carbons (Fsp3) is 0.261. The molecular weight excluding hydrogens is 877 g/mol. The van der Waals surface area contributed by atoms with Gasteiger partial charge in [0.05, 0.1) is 47.8 Å². The Balaban J connectivity index is 0.00000793. The topological polar surface area (TPSA) is 265 Å². The van der Waals surface area contributed by atoms with Gasteiger partial charge in [0.15, 0.2) is 21.3 Å². The number of aromatic nitrogens is 4. The van der Waals surface area contributed by atoms with Crippen LogP contribution in [0.4, 0.5) is 11.4 Å². The number of carbonyl (C=O) groups is 4. The lowest BCUT2D eigenvalue weighted by Gasteiger charge is -2.36. The van der Waals surface area contributed by atoms with E-state index in [1.165, 1.54) is 97.1 Å². The maximum Gasteiger partial charge on any atom is 0.375 e. The van der Waals surface area contributed by atoms with Gasteiger partial charge in [0, 0.05) is 24.2 Å². The van der Waals surface area contributed by atoms with Crippen LogP contribution in [0.3, 0.4) is 0 Å². The maximum absolute atomic E-state index is 14.4. The van der Waals surface area contributed by atoms with Crippen LogP contribution in [0.15, 0.2) is 132 Å². The van der Waals surface area contributed by atoms with Gasteiger partial charge in [-0.3, -0.25) is 9.59 Å². The van der Waals surface area contributed by atoms with E-state index in [9.17, 15) is 38.5 Å². The van der Waals surface area contributed by atoms with Gasteiger partial charge >= 0.3 is 11.9 Å². The molecule has 4 unspecified atom stereocenters. The normalized spacial score (nSPS) is 13.8. The number of benzene rings is 4. The Labute approximate surface area is 381 Å². The Morgan fingerprint density at radius 2 is 0.938 bits per heavy atom. The third-order valence-corrected chi connectivity index (χ3v) is 13.0. The van der Waals surface area contributed by atoms with Gasteiger partial charge in [-0.1, -0.05) is 73.5 Å². The highest BCUT2D eigenvalue weighted by molar-refractivity contribution is 7.91. The van der Waals surface area contributed by atoms with E-state index in [1.807, 2.05) is 23.0 Å². The van der Waals surface area contributed by atoms with E-state index in [1.54, 1.807) is 38.9 Å². The minimum Gasteiger partial charge on any atom is -0.611 e. The van der Waals surface area contributed by atoms with Crippen LogP contribution in [0.5, 0.6) is 0 Å². The molecule has 6 aromatic rings. The third-order valence-electron chi connectivity index (χ3n) is 10.2. The van der Waals surface area contributed by atoms with E-state index in [4.69, 9.17) is 9.68 Å². The predicted octanol–water partition coefficient (Wildman–Crippen LogP) is 4.98. The van der Waals surface area contributed by atoms with Crippen LogP contribution in [0.2, 0.25) is 0 Å². The maximum atomic E-state index is 14.4. The summed E-state index contributed by atoms with van der Waals surface area (Å²) in [4.78, 5) is 77.0. The second-order valence-corrected chi connectivity index (χ2v) is 17.9. The number of aryl methyl sites for hydroxylation is 4. The Morgan fingerprint density at radius 3 is 1.26 bits per heavy atom. The molecule has 2 heterocycles. The quantitative estimate of drug-likeness (QED) is 0.0321. The molecule has 0 saturated heterocycles. The molecule has 4 atom stereocenters. The van der Waals surface area contributed by atoms with Crippen molar-refractivity contribution in [2.45, 2.75) is 86.1 Å². The molecule has 0 fully saturated rings. The Bertz CT molecular complexity index is 2380. The summed E-state index contributed by atoms with van der Waals surface area (Å²) >= 11 is -2.97. The third kappa shape index (κ3) is 11.1. The predicted molar refractivity (Wildman–Crippen MR) is 242 cm³/mol. The lowest BCUT2D eigenvalue weighted by atomic mass is 9.73. The number of Topliss-reactive ketones (excluding diaryl/α,β-unsaturated/α-hetero) is 2. The highest BCUT2D eigenvalue weighted by atomic mass is 32.2. The molecule has 0 amide bonds. The lowest BCUT2D eigenvalue weighted by molar-refractivity contribution is -0.191. The van der Waals surface area contributed by atoms with Gasteiger partial charge < -0.3 is 43.6 Å². The Hall–Kier alpha value is -6.32. The highest BCUT2D eigenvalue weighted by Gasteiger charge is 2.71. The van der Waals surface area contributed by atoms with E-state index in [0.717, 1.165) is 24.2 Å². The molecule has 0 radical (unpaired) electrons. The van der Waals surface area contributed by atoms with Crippen molar-refractivity contribution in [1.29, 1.82) is 0 Å². The second kappa shape index (κ2) is 22.0. The molecule has 17 nitrogen and oxygen atoms in total. The summed E-state index contributed by atoms with van der Waals surface area (Å²) in [5, 5.41) is 24.9. The molecule has 0 bridgehead atoms. The van der Waals surface area contributed by atoms with Crippen LogP contribution in [0, 0.1) is 13.8 Å². The standard InChI is InChI=1S/C46H48N6O10S2.H2O/c1-5-23-51-29-47-25-37(51)27-63(59)39-19-15-35(16-20-39)49-61-43(55)45(57,41(53)33-11-7-31(3)8-12-33)46(58,42(54)34-13-9-32(4)10-14-34)44(56)62-50-36-17-21-40(22-18-36)64(60)28-38-26-48-30-52(38)24-6-2;/h7-22,25-26,29-30,49-50,57-58H,5-6,23-24,27-28H2,1-4H3;1H2. The summed E-state index contributed by atoms with van der Waals surface area (Å²) in [6.07, 6.45) is 8.37. The highest BCUT2D eigenvalue weighted by Crippen LogP contribution is 2.34. The van der Waals surface area contributed by atoms with E-state index < -0.39 is 57.1 Å². The van der Waals surface area contributed by atoms with Crippen molar-refractivity contribution in [1.82, 2.24) is 19.1 Å². The summed E-state index contributed by atoms with van der Waals surface area (Å²) in [6, 6.07) is 22.5. The van der Waals surface area contributed by atoms with Crippen LogP contribution in [-0.4, -0.2) is 78.6 Å². The average molecular weight is 927 g/mol. The minimum atomic E-state index is -4.00. The van der Waals surface area contributed by atoms with Gasteiger partial charge in [-0.25, -0.2) is 30.5 Å². The molecule has 4 aromatic carbocycles. The zero-order valence-electron chi connectivity index (χ0n) is 36.1. The van der Waals surface area contributed by atoms with Crippen LogP contribution in [-0.2, 0) is 66.2 Å². The number of nitrogens with zero attached hydrogens (tertiary/aromatic N) is 4. The minimum absolute atomic E-state index is 0. The molecule has 65 heavy (non-hydrogen) atoms. The van der Waals surface area contributed by atoms with Gasteiger partial charge in [-0.2, -0.15) is 0 Å². The first-order chi connectivity index (χ1) is 30.7. The molecule has 0 saturated carbocycles. The second-order valence-electron chi connectivity index (χ2n) is 15.0. The van der Waals surface area contributed by atoms with E-state index in [-0.39, 0.29) is 39.5 Å². The number of carbonyl (C=O) groups excluding carboxylic acids is 4. The number of imidazole rings is 2. The van der Waals surface area contributed by atoms with Gasteiger partial charge in [-0.15, -0.1) is 0 Å². The van der Waals surface area contributed by atoms with Crippen molar-refractivity contribution in [3.8, 4) is 0 Å². The average Bonchev–Trinajstić information content (AvgIpc) is 3.95. The van der Waals surface area contributed by atoms with Crippen LogP contribution >= 0.6 is 0 Å². The van der Waals surface area contributed by atoms with Gasteiger partial charge in [0.2, 0.25) is 11.6 Å². The van der Waals surface area contributed by atoms with Crippen LogP contribution in [0.1, 0.15) is 69.9 Å². The molecule has 0 aliphatic heterocycles. The summed E-state index contributed by atoms with van der Waals surface area (Å²) < 4.78 is 30.3.